The minimum Gasteiger partial charge on any atom is -0.336 e. The third-order valence-corrected chi connectivity index (χ3v) is 4.04. The van der Waals surface area contributed by atoms with Crippen molar-refractivity contribution in [1.29, 1.82) is 0 Å². The first-order valence-corrected chi connectivity index (χ1v) is 7.58. The van der Waals surface area contributed by atoms with Crippen molar-refractivity contribution in [3.63, 3.8) is 0 Å². The molecule has 1 aliphatic heterocycles. The minimum absolute atomic E-state index is 0.0579. The highest BCUT2D eigenvalue weighted by molar-refractivity contribution is 5.78. The molecule has 1 aromatic heterocycles. The monoisotopic (exact) mass is 333 g/mol. The van der Waals surface area contributed by atoms with Crippen molar-refractivity contribution in [2.75, 3.05) is 26.7 Å². The van der Waals surface area contributed by atoms with Gasteiger partial charge in [-0.3, -0.25) is 9.69 Å². The molecule has 130 valence electrons. The fourth-order valence-electron chi connectivity index (χ4n) is 2.75. The maximum Gasteiger partial charge on any atom is 0.406 e. The Morgan fingerprint density at radius 3 is 2.57 bits per heavy atom. The summed E-state index contributed by atoms with van der Waals surface area (Å²) in [6.07, 6.45) is -4.38. The second-order valence-electron chi connectivity index (χ2n) is 6.23. The molecule has 1 unspecified atom stereocenters. The number of halogens is 3. The Hall–Kier alpha value is -1.64. The van der Waals surface area contributed by atoms with Crippen molar-refractivity contribution in [3.8, 4) is 0 Å². The van der Waals surface area contributed by atoms with E-state index in [0.29, 0.717) is 18.0 Å². The highest BCUT2D eigenvalue weighted by Crippen LogP contribution is 2.26. The molecule has 2 heterocycles. The van der Waals surface area contributed by atoms with Crippen molar-refractivity contribution in [3.05, 3.63) is 11.6 Å². The van der Waals surface area contributed by atoms with Crippen molar-refractivity contribution < 1.29 is 18.0 Å². The van der Waals surface area contributed by atoms with Crippen molar-refractivity contribution in [2.45, 2.75) is 45.5 Å². The highest BCUT2D eigenvalue weighted by atomic mass is 19.4. The largest absolute Gasteiger partial charge is 0.406 e. The summed E-state index contributed by atoms with van der Waals surface area (Å²) in [7, 11) is 1.17. The number of carbonyl (C=O) groups excluding carboxylic acids is 1. The van der Waals surface area contributed by atoms with Gasteiger partial charge in [0.25, 0.3) is 0 Å². The van der Waals surface area contributed by atoms with Crippen LogP contribution in [0, 0.1) is 0 Å². The number of aromatic nitrogens is 3. The Bertz CT molecular complexity index is 569. The number of likely N-dealkylation sites (N-methyl/N-ethyl adjacent to an activating group) is 1. The summed E-state index contributed by atoms with van der Waals surface area (Å²) in [6.45, 7) is 5.88. The van der Waals surface area contributed by atoms with E-state index in [2.05, 4.69) is 10.2 Å². The van der Waals surface area contributed by atoms with Gasteiger partial charge in [-0.1, -0.05) is 13.8 Å². The van der Waals surface area contributed by atoms with Crippen molar-refractivity contribution in [1.82, 2.24) is 24.6 Å². The molecule has 6 nitrogen and oxygen atoms in total. The number of rotatable bonds is 4. The van der Waals surface area contributed by atoms with E-state index in [4.69, 9.17) is 0 Å². The fraction of sp³-hybridized carbons (Fsp3) is 0.786. The van der Waals surface area contributed by atoms with Gasteiger partial charge >= 0.3 is 6.18 Å². The zero-order valence-corrected chi connectivity index (χ0v) is 13.8. The Morgan fingerprint density at radius 2 is 2.00 bits per heavy atom. The van der Waals surface area contributed by atoms with Gasteiger partial charge in [0.2, 0.25) is 5.91 Å². The van der Waals surface area contributed by atoms with Crippen LogP contribution in [0.5, 0.6) is 0 Å². The summed E-state index contributed by atoms with van der Waals surface area (Å²) in [5.74, 6) is 1.35. The van der Waals surface area contributed by atoms with Crippen LogP contribution in [0.25, 0.3) is 0 Å². The molecule has 0 saturated carbocycles. The molecular weight excluding hydrogens is 311 g/mol. The molecule has 23 heavy (non-hydrogen) atoms. The van der Waals surface area contributed by atoms with Gasteiger partial charge in [0.05, 0.1) is 12.6 Å². The minimum atomic E-state index is -4.38. The Kier molecular flexibility index (Phi) is 4.98. The quantitative estimate of drug-likeness (QED) is 0.843. The topological polar surface area (TPSA) is 54.3 Å². The lowest BCUT2D eigenvalue weighted by Gasteiger charge is -2.34. The smallest absolute Gasteiger partial charge is 0.336 e. The molecule has 0 N–H and O–H groups in total. The van der Waals surface area contributed by atoms with Crippen LogP contribution in [0.3, 0.4) is 0 Å². The average Bonchev–Trinajstić information content (AvgIpc) is 2.84. The van der Waals surface area contributed by atoms with E-state index in [9.17, 15) is 18.0 Å². The van der Waals surface area contributed by atoms with E-state index in [1.165, 1.54) is 7.05 Å². The molecule has 1 amide bonds. The van der Waals surface area contributed by atoms with Crippen molar-refractivity contribution >= 4 is 5.91 Å². The molecule has 1 atom stereocenters. The molecule has 0 spiro atoms. The molecule has 0 radical (unpaired) electrons. The summed E-state index contributed by atoms with van der Waals surface area (Å²) in [5, 5.41) is 8.37. The van der Waals surface area contributed by atoms with Crippen LogP contribution >= 0.6 is 0 Å². The van der Waals surface area contributed by atoms with E-state index < -0.39 is 18.6 Å². The van der Waals surface area contributed by atoms with Crippen LogP contribution in [-0.4, -0.2) is 63.3 Å². The van der Waals surface area contributed by atoms with Gasteiger partial charge < -0.3 is 9.47 Å². The first kappa shape index (κ1) is 17.7. The van der Waals surface area contributed by atoms with Crippen LogP contribution in [-0.2, 0) is 11.3 Å². The summed E-state index contributed by atoms with van der Waals surface area (Å²) < 4.78 is 39.1. The fourth-order valence-corrected chi connectivity index (χ4v) is 2.75. The lowest BCUT2D eigenvalue weighted by Crippen LogP contribution is -2.46. The number of amides is 1. The van der Waals surface area contributed by atoms with E-state index in [0.717, 1.165) is 11.6 Å². The molecule has 2 rings (SSSR count). The van der Waals surface area contributed by atoms with Gasteiger partial charge in [-0.2, -0.15) is 13.2 Å². The number of alkyl halides is 3. The molecule has 0 fully saturated rings. The van der Waals surface area contributed by atoms with E-state index >= 15 is 0 Å². The van der Waals surface area contributed by atoms with Crippen molar-refractivity contribution in [2.24, 2.45) is 0 Å². The predicted molar refractivity (Wildman–Crippen MR) is 77.8 cm³/mol. The molecule has 0 bridgehead atoms. The third kappa shape index (κ3) is 4.01. The molecule has 0 aliphatic carbocycles. The summed E-state index contributed by atoms with van der Waals surface area (Å²) in [5.41, 5.74) is 0. The van der Waals surface area contributed by atoms with Gasteiger partial charge in [0, 0.05) is 26.1 Å². The molecular formula is C14H22F3N5O. The van der Waals surface area contributed by atoms with E-state index in [-0.39, 0.29) is 18.5 Å². The summed E-state index contributed by atoms with van der Waals surface area (Å²) >= 11 is 0. The molecule has 1 aromatic rings. The number of hydrogen-bond acceptors (Lipinski definition) is 4. The first-order valence-electron chi connectivity index (χ1n) is 7.58. The van der Waals surface area contributed by atoms with Gasteiger partial charge in [-0.25, -0.2) is 0 Å². The highest BCUT2D eigenvalue weighted by Gasteiger charge is 2.34. The van der Waals surface area contributed by atoms with E-state index in [1.807, 2.05) is 30.2 Å². The van der Waals surface area contributed by atoms with Crippen LogP contribution in [0.2, 0.25) is 0 Å². The zero-order chi connectivity index (χ0) is 17.4. The molecule has 0 aromatic carbocycles. The second-order valence-corrected chi connectivity index (χ2v) is 6.23. The zero-order valence-electron chi connectivity index (χ0n) is 13.8. The SMILES string of the molecule is CC(C)c1nnc2n1CCN(CC(=O)N(C)CC(F)(F)F)C2C. The molecule has 9 heteroatoms. The Labute approximate surface area is 133 Å². The maximum absolute atomic E-state index is 12.4. The van der Waals surface area contributed by atoms with Crippen LogP contribution in [0.1, 0.15) is 44.4 Å². The lowest BCUT2D eigenvalue weighted by molar-refractivity contribution is -0.159. The van der Waals surface area contributed by atoms with Crippen LogP contribution < -0.4 is 0 Å². The van der Waals surface area contributed by atoms with Crippen LogP contribution in [0.15, 0.2) is 0 Å². The number of nitrogens with zero attached hydrogens (tertiary/aromatic N) is 5. The summed E-state index contributed by atoms with van der Waals surface area (Å²) in [6, 6.07) is -0.160. The van der Waals surface area contributed by atoms with Gasteiger partial charge in [0.1, 0.15) is 18.2 Å². The Morgan fingerprint density at radius 1 is 1.35 bits per heavy atom. The number of carbonyl (C=O) groups is 1. The Balaban J connectivity index is 2.04. The maximum atomic E-state index is 12.4. The van der Waals surface area contributed by atoms with Crippen LogP contribution in [0.4, 0.5) is 13.2 Å². The number of hydrogen-bond donors (Lipinski definition) is 0. The first-order chi connectivity index (χ1) is 10.6. The normalized spacial score (nSPS) is 19.0. The average molecular weight is 333 g/mol. The summed E-state index contributed by atoms with van der Waals surface area (Å²) in [4.78, 5) is 14.6. The van der Waals surface area contributed by atoms with Gasteiger partial charge in [-0.05, 0) is 6.92 Å². The standard InChI is InChI=1S/C14H22F3N5O/c1-9(2)12-18-19-13-10(3)21(5-6-22(12)13)7-11(23)20(4)8-14(15,16)17/h9-10H,5-8H2,1-4H3. The van der Waals surface area contributed by atoms with Gasteiger partial charge in [0.15, 0.2) is 0 Å². The van der Waals surface area contributed by atoms with E-state index in [1.54, 1.807) is 0 Å². The third-order valence-electron chi connectivity index (χ3n) is 4.04. The predicted octanol–water partition coefficient (Wildman–Crippen LogP) is 1.80. The second kappa shape index (κ2) is 6.46. The van der Waals surface area contributed by atoms with Gasteiger partial charge in [-0.15, -0.1) is 10.2 Å². The molecule has 0 saturated heterocycles. The number of fused-ring (bicyclic) bond motifs is 1. The lowest BCUT2D eigenvalue weighted by atomic mass is 10.1. The molecule has 1 aliphatic rings.